The van der Waals surface area contributed by atoms with Crippen LogP contribution in [0.15, 0.2) is 12.1 Å². The van der Waals surface area contributed by atoms with Crippen molar-refractivity contribution in [1.29, 1.82) is 0 Å². The van der Waals surface area contributed by atoms with Crippen molar-refractivity contribution in [3.63, 3.8) is 0 Å². The number of hydrogen-bond donors (Lipinski definition) is 2. The summed E-state index contributed by atoms with van der Waals surface area (Å²) in [4.78, 5) is 25.6. The average molecular weight is 295 g/mol. The Morgan fingerprint density at radius 3 is 3.00 bits per heavy atom. The monoisotopic (exact) mass is 294 g/mol. The Balaban J connectivity index is 2.05. The lowest BCUT2D eigenvalue weighted by atomic mass is 9.80. The van der Waals surface area contributed by atoms with Gasteiger partial charge in [0.1, 0.15) is 6.61 Å². The van der Waals surface area contributed by atoms with E-state index in [1.165, 1.54) is 4.90 Å². The zero-order chi connectivity index (χ0) is 14.5. The van der Waals surface area contributed by atoms with E-state index in [1.807, 2.05) is 13.0 Å². The Morgan fingerprint density at radius 1 is 1.55 bits per heavy atom. The number of aryl methyl sites for hydroxylation is 1. The number of fused-ring (bicyclic) bond motifs is 2. The average Bonchev–Trinajstić information content (AvgIpc) is 2.96. The lowest BCUT2D eigenvalue weighted by Gasteiger charge is -2.22. The van der Waals surface area contributed by atoms with Crippen LogP contribution in [0.2, 0.25) is 5.02 Å². The summed E-state index contributed by atoms with van der Waals surface area (Å²) in [6, 6.07) is 3.61. The van der Waals surface area contributed by atoms with Gasteiger partial charge in [-0.3, -0.25) is 9.59 Å². The number of anilines is 1. The predicted molar refractivity (Wildman–Crippen MR) is 74.8 cm³/mol. The molecule has 1 saturated heterocycles. The molecule has 5 nitrogen and oxygen atoms in total. The zero-order valence-corrected chi connectivity index (χ0v) is 11.8. The minimum Gasteiger partial charge on any atom is -0.387 e. The van der Waals surface area contributed by atoms with E-state index in [4.69, 9.17) is 16.7 Å². The van der Waals surface area contributed by atoms with Crippen LogP contribution in [0, 0.1) is 6.92 Å². The Kier molecular flexibility index (Phi) is 2.99. The van der Waals surface area contributed by atoms with Gasteiger partial charge in [0.2, 0.25) is 11.8 Å². The Morgan fingerprint density at radius 2 is 2.30 bits per heavy atom. The lowest BCUT2D eigenvalue weighted by Crippen LogP contribution is -2.40. The number of benzene rings is 1. The molecule has 0 aromatic heterocycles. The summed E-state index contributed by atoms with van der Waals surface area (Å²) in [7, 11) is 0. The van der Waals surface area contributed by atoms with Gasteiger partial charge in [0.25, 0.3) is 0 Å². The van der Waals surface area contributed by atoms with Crippen LogP contribution in [-0.2, 0) is 15.0 Å². The molecule has 1 fully saturated rings. The van der Waals surface area contributed by atoms with E-state index < -0.39 is 12.0 Å². The number of hydrogen-bond acceptors (Lipinski definition) is 3. The van der Waals surface area contributed by atoms with E-state index in [-0.39, 0.29) is 11.8 Å². The SMILES string of the molecule is Cc1cc(Cl)cc2c1NC(=O)[C@@]21CCN(C(=O)CO)C1. The molecule has 0 aliphatic carbocycles. The van der Waals surface area contributed by atoms with Gasteiger partial charge in [-0.2, -0.15) is 0 Å². The van der Waals surface area contributed by atoms with Gasteiger partial charge in [-0.25, -0.2) is 0 Å². The largest absolute Gasteiger partial charge is 0.387 e. The third-order valence-electron chi connectivity index (χ3n) is 4.25. The third-order valence-corrected chi connectivity index (χ3v) is 4.46. The Hall–Kier alpha value is -1.59. The number of carbonyl (C=O) groups excluding carboxylic acids is 2. The van der Waals surface area contributed by atoms with Crippen LogP contribution < -0.4 is 5.32 Å². The molecule has 2 aliphatic heterocycles. The first-order valence-corrected chi connectivity index (χ1v) is 6.86. The first kappa shape index (κ1) is 13.4. The summed E-state index contributed by atoms with van der Waals surface area (Å²) in [6.07, 6.45) is 0.553. The fourth-order valence-electron chi connectivity index (χ4n) is 3.17. The van der Waals surface area contributed by atoms with Crippen LogP contribution in [0.4, 0.5) is 5.69 Å². The van der Waals surface area contributed by atoms with E-state index in [2.05, 4.69) is 5.32 Å². The maximum atomic E-state index is 12.4. The van der Waals surface area contributed by atoms with Crippen LogP contribution in [0.3, 0.4) is 0 Å². The van der Waals surface area contributed by atoms with E-state index in [0.29, 0.717) is 24.5 Å². The van der Waals surface area contributed by atoms with Gasteiger partial charge in [0.15, 0.2) is 0 Å². The molecule has 2 N–H and O–H groups in total. The molecule has 2 aliphatic rings. The lowest BCUT2D eigenvalue weighted by molar-refractivity contribution is -0.133. The van der Waals surface area contributed by atoms with Crippen LogP contribution >= 0.6 is 11.6 Å². The van der Waals surface area contributed by atoms with Crippen LogP contribution in [0.25, 0.3) is 0 Å². The zero-order valence-electron chi connectivity index (χ0n) is 11.1. The molecule has 1 aromatic carbocycles. The molecular formula is C14H15ClN2O3. The van der Waals surface area contributed by atoms with E-state index in [0.717, 1.165) is 16.8 Å². The van der Waals surface area contributed by atoms with Crippen molar-refractivity contribution in [1.82, 2.24) is 4.90 Å². The van der Waals surface area contributed by atoms with Gasteiger partial charge < -0.3 is 15.3 Å². The first-order chi connectivity index (χ1) is 9.48. The summed E-state index contributed by atoms with van der Waals surface area (Å²) in [6.45, 7) is 2.14. The van der Waals surface area contributed by atoms with Crippen molar-refractivity contribution in [2.24, 2.45) is 0 Å². The highest BCUT2D eigenvalue weighted by Gasteiger charge is 2.52. The normalized spacial score (nSPS) is 24.1. The second kappa shape index (κ2) is 4.46. The van der Waals surface area contributed by atoms with E-state index >= 15 is 0 Å². The molecule has 0 saturated carbocycles. The topological polar surface area (TPSA) is 69.6 Å². The standard InChI is InChI=1S/C14H15ClN2O3/c1-8-4-9(15)5-10-12(8)16-13(20)14(10)2-3-17(7-14)11(19)6-18/h4-5,18H,2-3,6-7H2,1H3,(H,16,20)/t14-/m1/s1. The number of nitrogens with zero attached hydrogens (tertiary/aromatic N) is 1. The maximum Gasteiger partial charge on any atom is 0.248 e. The predicted octanol–water partition coefficient (Wildman–Crippen LogP) is 1.06. The number of carbonyl (C=O) groups is 2. The summed E-state index contributed by atoms with van der Waals surface area (Å²) in [5.41, 5.74) is 1.86. The summed E-state index contributed by atoms with van der Waals surface area (Å²) >= 11 is 6.10. The number of aliphatic hydroxyl groups excluding tert-OH is 1. The highest BCUT2D eigenvalue weighted by molar-refractivity contribution is 6.31. The molecule has 106 valence electrons. The Labute approximate surface area is 121 Å². The minimum atomic E-state index is -0.726. The molecule has 3 rings (SSSR count). The number of likely N-dealkylation sites (tertiary alicyclic amines) is 1. The number of nitrogens with one attached hydrogen (secondary N) is 1. The number of aliphatic hydroxyl groups is 1. The number of halogens is 1. The fraction of sp³-hybridized carbons (Fsp3) is 0.429. The van der Waals surface area contributed by atoms with Crippen molar-refractivity contribution >= 4 is 29.1 Å². The Bertz CT molecular complexity index is 617. The van der Waals surface area contributed by atoms with Gasteiger partial charge in [-0.15, -0.1) is 0 Å². The van der Waals surface area contributed by atoms with Gasteiger partial charge in [-0.1, -0.05) is 11.6 Å². The number of rotatable bonds is 1. The van der Waals surface area contributed by atoms with Gasteiger partial charge in [0.05, 0.1) is 5.41 Å². The van der Waals surface area contributed by atoms with Crippen LogP contribution in [-0.4, -0.2) is 41.5 Å². The summed E-state index contributed by atoms with van der Waals surface area (Å²) in [5.74, 6) is -0.437. The molecule has 1 atom stereocenters. The highest BCUT2D eigenvalue weighted by atomic mass is 35.5. The molecule has 2 amide bonds. The second-order valence-corrected chi connectivity index (χ2v) is 5.84. The van der Waals surface area contributed by atoms with Crippen LogP contribution in [0.1, 0.15) is 17.5 Å². The molecular weight excluding hydrogens is 280 g/mol. The second-order valence-electron chi connectivity index (χ2n) is 5.40. The highest BCUT2D eigenvalue weighted by Crippen LogP contribution is 2.46. The molecule has 20 heavy (non-hydrogen) atoms. The smallest absolute Gasteiger partial charge is 0.248 e. The molecule has 2 heterocycles. The first-order valence-electron chi connectivity index (χ1n) is 6.48. The van der Waals surface area contributed by atoms with Gasteiger partial charge in [-0.05, 0) is 36.6 Å². The third kappa shape index (κ3) is 1.73. The van der Waals surface area contributed by atoms with E-state index in [1.54, 1.807) is 6.07 Å². The van der Waals surface area contributed by atoms with Crippen molar-refractivity contribution in [3.8, 4) is 0 Å². The van der Waals surface area contributed by atoms with Crippen molar-refractivity contribution in [2.45, 2.75) is 18.8 Å². The minimum absolute atomic E-state index is 0.0916. The molecule has 6 heteroatoms. The summed E-state index contributed by atoms with van der Waals surface area (Å²) in [5, 5.41) is 12.5. The molecule has 0 radical (unpaired) electrons. The summed E-state index contributed by atoms with van der Waals surface area (Å²) < 4.78 is 0. The fourth-order valence-corrected chi connectivity index (χ4v) is 3.44. The van der Waals surface area contributed by atoms with E-state index in [9.17, 15) is 9.59 Å². The van der Waals surface area contributed by atoms with Crippen molar-refractivity contribution in [2.75, 3.05) is 25.0 Å². The van der Waals surface area contributed by atoms with Crippen molar-refractivity contribution in [3.05, 3.63) is 28.3 Å². The molecule has 0 unspecified atom stereocenters. The van der Waals surface area contributed by atoms with Gasteiger partial charge >= 0.3 is 0 Å². The molecule has 1 spiro atoms. The quantitative estimate of drug-likeness (QED) is 0.814. The maximum absolute atomic E-state index is 12.4. The van der Waals surface area contributed by atoms with Crippen LogP contribution in [0.5, 0.6) is 0 Å². The van der Waals surface area contributed by atoms with Crippen molar-refractivity contribution < 1.29 is 14.7 Å². The molecule has 0 bridgehead atoms. The van der Waals surface area contributed by atoms with Gasteiger partial charge in [0, 0.05) is 23.8 Å². The number of amides is 2. The molecule has 1 aromatic rings.